The first kappa shape index (κ1) is 40.1. The van der Waals surface area contributed by atoms with E-state index in [9.17, 15) is 9.59 Å². The molecule has 1 aliphatic heterocycles. The van der Waals surface area contributed by atoms with Crippen molar-refractivity contribution in [1.29, 1.82) is 0 Å². The van der Waals surface area contributed by atoms with Gasteiger partial charge in [0.05, 0.1) is 17.5 Å². The Morgan fingerprint density at radius 1 is 0.613 bits per heavy atom. The standard InChI is InChI=1S/C46H50N14O2/c1-26-6-10-30(11-7-26)48-40-55-37(56-41(59-40)51-33-15-17-35-36(21-33)54-44(62)53-35)18-28-22-45(3,4)24-46(5,23-28)25-47-39-57-42(49-31-12-8-27(2)9-13-31)60-43(58-39)50-32-14-16-34-29(19-32)20-38(61)52-34/h6-17,19,21,28H,18,20,22-25H2,1-5H3,(H,52,61)(H2,53,54,62)(H2,48,51,55,56,59)(H3,47,49,50,57,58,60). The van der Waals surface area contributed by atoms with Crippen molar-refractivity contribution < 1.29 is 4.79 Å². The fourth-order valence-electron chi connectivity index (χ4n) is 9.08. The number of fused-ring (bicyclic) bond motifs is 2. The van der Waals surface area contributed by atoms with Crippen LogP contribution in [0.5, 0.6) is 0 Å². The summed E-state index contributed by atoms with van der Waals surface area (Å²) in [4.78, 5) is 58.5. The SMILES string of the molecule is Cc1ccc(Nc2nc(CC3CC(C)(C)CC(C)(CNc4nc(Nc5ccc(C)cc5)nc(Nc5ccc6c(c5)CC(=O)N6)n4)C3)nc(Nc3ccc4[nH]c(=O)[nH]c4c3)n2)cc1. The largest absolute Gasteiger partial charge is 0.353 e. The lowest BCUT2D eigenvalue weighted by atomic mass is 9.60. The van der Waals surface area contributed by atoms with E-state index in [0.717, 1.165) is 69.9 Å². The Morgan fingerprint density at radius 2 is 1.15 bits per heavy atom. The maximum absolute atomic E-state index is 12.0. The van der Waals surface area contributed by atoms with E-state index in [1.165, 1.54) is 0 Å². The maximum atomic E-state index is 12.0. The fourth-order valence-corrected chi connectivity index (χ4v) is 9.08. The Labute approximate surface area is 358 Å². The van der Waals surface area contributed by atoms with Gasteiger partial charge in [0.15, 0.2) is 0 Å². The van der Waals surface area contributed by atoms with Crippen LogP contribution in [-0.2, 0) is 17.6 Å². The van der Waals surface area contributed by atoms with Crippen molar-refractivity contribution in [2.24, 2.45) is 16.7 Å². The van der Waals surface area contributed by atoms with Crippen LogP contribution in [0.1, 0.15) is 62.5 Å². The third-order valence-electron chi connectivity index (χ3n) is 11.4. The minimum absolute atomic E-state index is 0.0213. The summed E-state index contributed by atoms with van der Waals surface area (Å²) in [5, 5.41) is 19.9. The number of anilines is 10. The number of carbonyl (C=O) groups excluding carboxylic acids is 1. The van der Waals surface area contributed by atoms with E-state index in [0.29, 0.717) is 60.5 Å². The van der Waals surface area contributed by atoms with Gasteiger partial charge in [0, 0.05) is 41.4 Å². The molecule has 8 N–H and O–H groups in total. The van der Waals surface area contributed by atoms with Gasteiger partial charge < -0.3 is 41.9 Å². The van der Waals surface area contributed by atoms with E-state index in [2.05, 4.69) is 69.6 Å². The minimum Gasteiger partial charge on any atom is -0.353 e. The van der Waals surface area contributed by atoms with E-state index in [4.69, 9.17) is 29.9 Å². The van der Waals surface area contributed by atoms with Gasteiger partial charge in [0.25, 0.3) is 0 Å². The number of hydrogen-bond acceptors (Lipinski definition) is 13. The molecule has 0 saturated heterocycles. The lowest BCUT2D eigenvalue weighted by Crippen LogP contribution is -2.41. The second-order valence-corrected chi connectivity index (χ2v) is 17.9. The number of aromatic nitrogens is 8. The van der Waals surface area contributed by atoms with E-state index >= 15 is 0 Å². The first-order chi connectivity index (χ1) is 29.7. The smallest absolute Gasteiger partial charge is 0.323 e. The molecule has 0 spiro atoms. The predicted octanol–water partition coefficient (Wildman–Crippen LogP) is 8.80. The van der Waals surface area contributed by atoms with Crippen molar-refractivity contribution in [3.05, 3.63) is 118 Å². The van der Waals surface area contributed by atoms with Crippen LogP contribution < -0.4 is 37.6 Å². The second kappa shape index (κ2) is 16.2. The molecule has 16 heteroatoms. The summed E-state index contributed by atoms with van der Waals surface area (Å²) in [5.41, 5.74) is 8.33. The molecule has 2 atom stereocenters. The molecular weight excluding hydrogens is 781 g/mol. The van der Waals surface area contributed by atoms with Gasteiger partial charge in [-0.3, -0.25) is 4.79 Å². The summed E-state index contributed by atoms with van der Waals surface area (Å²) in [5.74, 6) is 2.98. The van der Waals surface area contributed by atoms with Crippen LogP contribution in [0.3, 0.4) is 0 Å². The number of H-pyrrole nitrogens is 2. The Hall–Kier alpha value is -7.36. The van der Waals surface area contributed by atoms with Gasteiger partial charge in [-0.1, -0.05) is 56.2 Å². The van der Waals surface area contributed by atoms with E-state index in [1.807, 2.05) is 91.9 Å². The number of imidazole rings is 1. The molecule has 4 aromatic carbocycles. The molecule has 1 amide bonds. The van der Waals surface area contributed by atoms with E-state index in [1.54, 1.807) is 0 Å². The molecule has 4 heterocycles. The van der Waals surface area contributed by atoms with Gasteiger partial charge in [-0.05, 0) is 116 Å². The number of benzene rings is 4. The second-order valence-electron chi connectivity index (χ2n) is 17.9. The number of amides is 1. The molecule has 62 heavy (non-hydrogen) atoms. The number of rotatable bonds is 13. The molecule has 2 aliphatic rings. The number of hydrogen-bond donors (Lipinski definition) is 8. The zero-order chi connectivity index (χ0) is 43.0. The highest BCUT2D eigenvalue weighted by atomic mass is 16.2. The normalized spacial score (nSPS) is 17.9. The summed E-state index contributed by atoms with van der Waals surface area (Å²) in [6, 6.07) is 27.5. The first-order valence-electron chi connectivity index (χ1n) is 20.9. The number of nitrogens with zero attached hydrogens (tertiary/aromatic N) is 6. The van der Waals surface area contributed by atoms with Gasteiger partial charge >= 0.3 is 5.69 Å². The monoisotopic (exact) mass is 830 g/mol. The molecule has 3 aromatic heterocycles. The molecule has 316 valence electrons. The number of aromatic amines is 2. The molecule has 1 saturated carbocycles. The maximum Gasteiger partial charge on any atom is 0.323 e. The lowest BCUT2D eigenvalue weighted by molar-refractivity contribution is -0.115. The van der Waals surface area contributed by atoms with Crippen molar-refractivity contribution in [2.45, 2.75) is 66.7 Å². The van der Waals surface area contributed by atoms with E-state index < -0.39 is 0 Å². The highest BCUT2D eigenvalue weighted by Gasteiger charge is 2.41. The molecule has 0 bridgehead atoms. The molecule has 1 aliphatic carbocycles. The molecule has 0 radical (unpaired) electrons. The fraction of sp³-hybridized carbons (Fsp3) is 0.304. The van der Waals surface area contributed by atoms with Crippen LogP contribution in [0.25, 0.3) is 11.0 Å². The van der Waals surface area contributed by atoms with Gasteiger partial charge in [0.1, 0.15) is 5.82 Å². The molecule has 7 aromatic rings. The van der Waals surface area contributed by atoms with Crippen molar-refractivity contribution in [1.82, 2.24) is 39.9 Å². The van der Waals surface area contributed by atoms with Crippen molar-refractivity contribution in [3.63, 3.8) is 0 Å². The number of aryl methyl sites for hydroxylation is 2. The summed E-state index contributed by atoms with van der Waals surface area (Å²) >= 11 is 0. The summed E-state index contributed by atoms with van der Waals surface area (Å²) in [6.45, 7) is 11.7. The van der Waals surface area contributed by atoms with Crippen LogP contribution >= 0.6 is 0 Å². The predicted molar refractivity (Wildman–Crippen MR) is 244 cm³/mol. The Morgan fingerprint density at radius 3 is 1.79 bits per heavy atom. The highest BCUT2D eigenvalue weighted by Crippen LogP contribution is 2.49. The average molecular weight is 831 g/mol. The average Bonchev–Trinajstić information content (AvgIpc) is 3.77. The van der Waals surface area contributed by atoms with Crippen LogP contribution in [0.2, 0.25) is 0 Å². The zero-order valence-corrected chi connectivity index (χ0v) is 35.4. The van der Waals surface area contributed by atoms with Crippen LogP contribution in [0.4, 0.5) is 58.2 Å². The zero-order valence-electron chi connectivity index (χ0n) is 35.4. The van der Waals surface area contributed by atoms with Gasteiger partial charge in [-0.2, -0.15) is 29.9 Å². The number of nitrogens with one attached hydrogen (secondary N) is 8. The Kier molecular flexibility index (Phi) is 10.5. The molecular formula is C46H50N14O2. The van der Waals surface area contributed by atoms with Crippen LogP contribution in [-0.4, -0.2) is 52.3 Å². The highest BCUT2D eigenvalue weighted by molar-refractivity contribution is 5.99. The lowest BCUT2D eigenvalue weighted by Gasteiger charge is -2.46. The van der Waals surface area contributed by atoms with Crippen molar-refractivity contribution in [3.8, 4) is 0 Å². The van der Waals surface area contributed by atoms with Gasteiger partial charge in [-0.25, -0.2) is 4.79 Å². The van der Waals surface area contributed by atoms with Crippen molar-refractivity contribution >= 4 is 75.1 Å². The third kappa shape index (κ3) is 9.65. The topological polar surface area (TPSA) is 215 Å². The first-order valence-corrected chi connectivity index (χ1v) is 20.9. The Balaban J connectivity index is 0.953. The molecule has 16 nitrogen and oxygen atoms in total. The number of carbonyl (C=O) groups is 1. The third-order valence-corrected chi connectivity index (χ3v) is 11.4. The summed E-state index contributed by atoms with van der Waals surface area (Å²) in [6.07, 6.45) is 3.89. The van der Waals surface area contributed by atoms with E-state index in [-0.39, 0.29) is 28.3 Å². The van der Waals surface area contributed by atoms with Crippen molar-refractivity contribution in [2.75, 3.05) is 38.4 Å². The minimum atomic E-state index is -0.263. The van der Waals surface area contributed by atoms with Gasteiger partial charge in [-0.15, -0.1) is 0 Å². The molecule has 9 rings (SSSR count). The molecule has 2 unspecified atom stereocenters. The Bertz CT molecular complexity index is 2840. The van der Waals surface area contributed by atoms with Crippen LogP contribution in [0.15, 0.2) is 89.7 Å². The van der Waals surface area contributed by atoms with Gasteiger partial charge in [0.2, 0.25) is 35.6 Å². The molecule has 1 fully saturated rings. The summed E-state index contributed by atoms with van der Waals surface area (Å²) in [7, 11) is 0. The summed E-state index contributed by atoms with van der Waals surface area (Å²) < 4.78 is 0. The quantitative estimate of drug-likeness (QED) is 0.0546. The van der Waals surface area contributed by atoms with Crippen LogP contribution in [0, 0.1) is 30.6 Å².